The summed E-state index contributed by atoms with van der Waals surface area (Å²) in [5, 5.41) is 0.572. The topological polar surface area (TPSA) is 52.3 Å². The molecule has 0 aliphatic carbocycles. The number of hydrogen-bond acceptors (Lipinski definition) is 4. The Morgan fingerprint density at radius 2 is 2.40 bits per heavy atom. The molecule has 0 spiro atoms. The number of rotatable bonds is 2. The van der Waals surface area contributed by atoms with Crippen LogP contribution < -0.4 is 0 Å². The van der Waals surface area contributed by atoms with Crippen molar-refractivity contribution in [2.75, 3.05) is 7.11 Å². The number of aromatic nitrogens is 1. The number of halogens is 1. The van der Waals surface area contributed by atoms with Gasteiger partial charge in [0.1, 0.15) is 11.9 Å². The van der Waals surface area contributed by atoms with Gasteiger partial charge in [0.15, 0.2) is 5.58 Å². The van der Waals surface area contributed by atoms with E-state index in [4.69, 9.17) is 16.0 Å². The van der Waals surface area contributed by atoms with E-state index in [2.05, 4.69) is 9.72 Å². The van der Waals surface area contributed by atoms with Crippen molar-refractivity contribution in [3.8, 4) is 0 Å². The van der Waals surface area contributed by atoms with Gasteiger partial charge in [0.25, 0.3) is 0 Å². The summed E-state index contributed by atoms with van der Waals surface area (Å²) in [6.45, 7) is 0. The second kappa shape index (κ2) is 3.90. The quantitative estimate of drug-likeness (QED) is 0.736. The van der Waals surface area contributed by atoms with Gasteiger partial charge in [-0.05, 0) is 12.1 Å². The Labute approximate surface area is 90.8 Å². The van der Waals surface area contributed by atoms with Gasteiger partial charge >= 0.3 is 5.97 Å². The van der Waals surface area contributed by atoms with Crippen molar-refractivity contribution in [2.45, 2.75) is 6.42 Å². The van der Waals surface area contributed by atoms with Crippen molar-refractivity contribution in [3.05, 3.63) is 29.1 Å². The second-order valence-electron chi connectivity index (χ2n) is 2.97. The van der Waals surface area contributed by atoms with Crippen LogP contribution in [0.4, 0.5) is 0 Å². The van der Waals surface area contributed by atoms with Gasteiger partial charge in [-0.15, -0.1) is 0 Å². The summed E-state index contributed by atoms with van der Waals surface area (Å²) in [4.78, 5) is 15.1. The number of fused-ring (bicyclic) bond motifs is 1. The lowest BCUT2D eigenvalue weighted by atomic mass is 10.3. The van der Waals surface area contributed by atoms with Gasteiger partial charge in [-0.3, -0.25) is 4.79 Å². The van der Waals surface area contributed by atoms with E-state index in [1.165, 1.54) is 7.11 Å². The van der Waals surface area contributed by atoms with E-state index in [1.807, 2.05) is 0 Å². The van der Waals surface area contributed by atoms with E-state index >= 15 is 0 Å². The van der Waals surface area contributed by atoms with E-state index in [0.717, 1.165) is 0 Å². The summed E-state index contributed by atoms with van der Waals surface area (Å²) in [5.74, 6) is -0.0493. The number of oxazole rings is 1. The molecule has 0 unspecified atom stereocenters. The first kappa shape index (κ1) is 9.98. The first-order chi connectivity index (χ1) is 7.19. The van der Waals surface area contributed by atoms with Crippen LogP contribution in [-0.2, 0) is 16.0 Å². The molecule has 0 N–H and O–H groups in total. The number of benzene rings is 1. The van der Waals surface area contributed by atoms with Crippen molar-refractivity contribution in [1.29, 1.82) is 0 Å². The molecule has 15 heavy (non-hydrogen) atoms. The molecule has 78 valence electrons. The lowest BCUT2D eigenvalue weighted by Crippen LogP contribution is -2.04. The van der Waals surface area contributed by atoms with Crippen molar-refractivity contribution in [1.82, 2.24) is 4.98 Å². The van der Waals surface area contributed by atoms with E-state index in [0.29, 0.717) is 22.0 Å². The SMILES string of the molecule is COC(=O)Cc1nc2ccc(Cl)cc2o1. The third-order valence-corrected chi connectivity index (χ3v) is 2.15. The first-order valence-corrected chi connectivity index (χ1v) is 4.68. The van der Waals surface area contributed by atoms with Crippen LogP contribution in [0, 0.1) is 0 Å². The van der Waals surface area contributed by atoms with Crippen LogP contribution in [0.15, 0.2) is 22.6 Å². The Morgan fingerprint density at radius 3 is 3.13 bits per heavy atom. The molecular formula is C10H8ClNO3. The normalized spacial score (nSPS) is 10.5. The number of carbonyl (C=O) groups is 1. The third-order valence-electron chi connectivity index (χ3n) is 1.92. The fourth-order valence-corrected chi connectivity index (χ4v) is 1.38. The number of carbonyl (C=O) groups excluding carboxylic acids is 1. The fourth-order valence-electron chi connectivity index (χ4n) is 1.22. The fraction of sp³-hybridized carbons (Fsp3) is 0.200. The average molecular weight is 226 g/mol. The van der Waals surface area contributed by atoms with Gasteiger partial charge in [0.05, 0.1) is 7.11 Å². The van der Waals surface area contributed by atoms with E-state index in [1.54, 1.807) is 18.2 Å². The summed E-state index contributed by atoms with van der Waals surface area (Å²) in [5.41, 5.74) is 1.25. The molecule has 0 saturated carbocycles. The van der Waals surface area contributed by atoms with Crippen LogP contribution in [-0.4, -0.2) is 18.1 Å². The summed E-state index contributed by atoms with van der Waals surface area (Å²) in [6, 6.07) is 5.11. The van der Waals surface area contributed by atoms with Crippen LogP contribution >= 0.6 is 11.6 Å². The molecule has 0 fully saturated rings. The molecule has 0 atom stereocenters. The zero-order chi connectivity index (χ0) is 10.8. The highest BCUT2D eigenvalue weighted by molar-refractivity contribution is 6.31. The van der Waals surface area contributed by atoms with Gasteiger partial charge < -0.3 is 9.15 Å². The maximum atomic E-state index is 11.0. The largest absolute Gasteiger partial charge is 0.469 e. The molecule has 0 radical (unpaired) electrons. The van der Waals surface area contributed by atoms with Crippen LogP contribution in [0.25, 0.3) is 11.1 Å². The molecule has 0 bridgehead atoms. The minimum Gasteiger partial charge on any atom is -0.469 e. The van der Waals surface area contributed by atoms with Gasteiger partial charge in [0.2, 0.25) is 5.89 Å². The predicted octanol–water partition coefficient (Wildman–Crippen LogP) is 2.20. The molecule has 1 aromatic carbocycles. The molecule has 0 amide bonds. The second-order valence-corrected chi connectivity index (χ2v) is 3.41. The van der Waals surface area contributed by atoms with Crippen LogP contribution in [0.3, 0.4) is 0 Å². The summed E-state index contributed by atoms with van der Waals surface area (Å²) in [7, 11) is 1.32. The van der Waals surface area contributed by atoms with Crippen molar-refractivity contribution >= 4 is 28.7 Å². The Morgan fingerprint density at radius 1 is 1.60 bits per heavy atom. The van der Waals surface area contributed by atoms with Gasteiger partial charge in [0, 0.05) is 11.1 Å². The Hall–Kier alpha value is -1.55. The van der Waals surface area contributed by atoms with Crippen LogP contribution in [0.1, 0.15) is 5.89 Å². The molecule has 2 rings (SSSR count). The molecule has 0 aliphatic rings. The standard InChI is InChI=1S/C10H8ClNO3/c1-14-10(13)5-9-12-7-3-2-6(11)4-8(7)15-9/h2-4H,5H2,1H3. The predicted molar refractivity (Wildman–Crippen MR) is 54.7 cm³/mol. The average Bonchev–Trinajstić information content (AvgIpc) is 2.59. The zero-order valence-corrected chi connectivity index (χ0v) is 8.75. The van der Waals surface area contributed by atoms with Gasteiger partial charge in [-0.25, -0.2) is 4.98 Å². The van der Waals surface area contributed by atoms with E-state index in [-0.39, 0.29) is 12.4 Å². The molecule has 5 heteroatoms. The first-order valence-electron chi connectivity index (χ1n) is 4.31. The summed E-state index contributed by atoms with van der Waals surface area (Å²) in [6.07, 6.45) is 0.0306. The lowest BCUT2D eigenvalue weighted by Gasteiger charge is -1.92. The number of esters is 1. The maximum Gasteiger partial charge on any atom is 0.314 e. The highest BCUT2D eigenvalue weighted by atomic mass is 35.5. The molecule has 1 aromatic heterocycles. The van der Waals surface area contributed by atoms with Crippen molar-refractivity contribution < 1.29 is 13.9 Å². The molecule has 2 aromatic rings. The summed E-state index contributed by atoms with van der Waals surface area (Å²) < 4.78 is 9.83. The number of methoxy groups -OCH3 is 1. The van der Waals surface area contributed by atoms with Crippen molar-refractivity contribution in [2.24, 2.45) is 0 Å². The highest BCUT2D eigenvalue weighted by Crippen LogP contribution is 2.20. The maximum absolute atomic E-state index is 11.0. The number of ether oxygens (including phenoxy) is 1. The Balaban J connectivity index is 2.34. The monoisotopic (exact) mass is 225 g/mol. The Bertz CT molecular complexity index is 506. The number of nitrogens with zero attached hydrogens (tertiary/aromatic N) is 1. The van der Waals surface area contributed by atoms with Crippen LogP contribution in [0.5, 0.6) is 0 Å². The Kier molecular flexibility index (Phi) is 2.60. The van der Waals surface area contributed by atoms with E-state index in [9.17, 15) is 4.79 Å². The van der Waals surface area contributed by atoms with E-state index < -0.39 is 0 Å². The molecule has 0 saturated heterocycles. The summed E-state index contributed by atoms with van der Waals surface area (Å²) >= 11 is 5.78. The smallest absolute Gasteiger partial charge is 0.314 e. The molecular weight excluding hydrogens is 218 g/mol. The molecule has 4 nitrogen and oxygen atoms in total. The minimum absolute atomic E-state index is 0.0306. The minimum atomic E-state index is -0.382. The lowest BCUT2D eigenvalue weighted by molar-refractivity contribution is -0.140. The van der Waals surface area contributed by atoms with Gasteiger partial charge in [-0.1, -0.05) is 11.6 Å². The van der Waals surface area contributed by atoms with Crippen LogP contribution in [0.2, 0.25) is 5.02 Å². The third kappa shape index (κ3) is 2.10. The van der Waals surface area contributed by atoms with Gasteiger partial charge in [-0.2, -0.15) is 0 Å². The molecule has 0 aliphatic heterocycles. The highest BCUT2D eigenvalue weighted by Gasteiger charge is 2.10. The zero-order valence-electron chi connectivity index (χ0n) is 7.99. The number of hydrogen-bond donors (Lipinski definition) is 0. The van der Waals surface area contributed by atoms with Crippen molar-refractivity contribution in [3.63, 3.8) is 0 Å². The molecule has 1 heterocycles.